The van der Waals surface area contributed by atoms with Gasteiger partial charge in [-0.2, -0.15) is 10.5 Å². The minimum absolute atomic E-state index is 0.00975. The van der Waals surface area contributed by atoms with Crippen LogP contribution in [0.2, 0.25) is 5.02 Å². The van der Waals surface area contributed by atoms with Crippen LogP contribution < -0.4 is 4.74 Å². The smallest absolute Gasteiger partial charge is 0.231 e. The van der Waals surface area contributed by atoms with Crippen molar-refractivity contribution in [2.45, 2.75) is 6.54 Å². The van der Waals surface area contributed by atoms with Gasteiger partial charge >= 0.3 is 0 Å². The Kier molecular flexibility index (Phi) is 5.42. The summed E-state index contributed by atoms with van der Waals surface area (Å²) in [5.74, 6) is -0.00910. The van der Waals surface area contributed by atoms with Gasteiger partial charge in [0.2, 0.25) is 5.78 Å². The number of benzene rings is 2. The summed E-state index contributed by atoms with van der Waals surface area (Å²) in [6.45, 7) is 0.125. The first-order chi connectivity index (χ1) is 13.0. The molecule has 7 heteroatoms. The van der Waals surface area contributed by atoms with Gasteiger partial charge in [-0.1, -0.05) is 23.7 Å². The van der Waals surface area contributed by atoms with E-state index in [1.54, 1.807) is 35.2 Å². The third kappa shape index (κ3) is 3.93. The van der Waals surface area contributed by atoms with Crippen LogP contribution in [0.1, 0.15) is 21.5 Å². The van der Waals surface area contributed by atoms with E-state index in [9.17, 15) is 9.90 Å². The largest absolute Gasteiger partial charge is 0.507 e. The number of carbonyl (C=O) groups is 1. The molecule has 1 aliphatic heterocycles. The molecule has 0 aliphatic carbocycles. The first kappa shape index (κ1) is 18.5. The third-order valence-electron chi connectivity index (χ3n) is 4.03. The molecule has 2 aromatic rings. The number of ketones is 1. The van der Waals surface area contributed by atoms with E-state index in [0.717, 1.165) is 0 Å². The summed E-state index contributed by atoms with van der Waals surface area (Å²) >= 11 is 5.97. The maximum atomic E-state index is 12.7. The van der Waals surface area contributed by atoms with Crippen LogP contribution in [-0.4, -0.2) is 28.9 Å². The fourth-order valence-electron chi connectivity index (χ4n) is 2.79. The molecule has 0 bridgehead atoms. The van der Waals surface area contributed by atoms with Gasteiger partial charge in [-0.25, -0.2) is 0 Å². The highest BCUT2D eigenvalue weighted by Gasteiger charge is 2.31. The molecule has 0 amide bonds. The van der Waals surface area contributed by atoms with E-state index in [4.69, 9.17) is 26.9 Å². The predicted octanol–water partition coefficient (Wildman–Crippen LogP) is 3.51. The minimum atomic E-state index is -0.307. The van der Waals surface area contributed by atoms with E-state index >= 15 is 0 Å². The number of nitrogens with zero attached hydrogens (tertiary/aromatic N) is 3. The number of phenols is 1. The lowest BCUT2D eigenvalue weighted by atomic mass is 10.0. The highest BCUT2D eigenvalue weighted by molar-refractivity contribution is 6.30. The third-order valence-corrected chi connectivity index (χ3v) is 4.27. The molecule has 0 radical (unpaired) electrons. The number of hydrogen-bond donors (Lipinski definition) is 1. The van der Waals surface area contributed by atoms with E-state index in [1.807, 2.05) is 12.1 Å². The summed E-state index contributed by atoms with van der Waals surface area (Å²) in [6.07, 6.45) is 1.58. The van der Waals surface area contributed by atoms with Gasteiger partial charge in [0.05, 0.1) is 36.4 Å². The van der Waals surface area contributed by atoms with Crippen molar-refractivity contribution in [1.29, 1.82) is 10.5 Å². The van der Waals surface area contributed by atoms with Gasteiger partial charge in [-0.15, -0.1) is 0 Å². The molecule has 0 fully saturated rings. The monoisotopic (exact) mass is 379 g/mol. The van der Waals surface area contributed by atoms with Crippen molar-refractivity contribution in [1.82, 2.24) is 4.90 Å². The number of carbonyl (C=O) groups excluding carboxylic acids is 1. The van der Waals surface area contributed by atoms with Crippen LogP contribution in [0.3, 0.4) is 0 Å². The first-order valence-electron chi connectivity index (χ1n) is 8.04. The van der Waals surface area contributed by atoms with E-state index in [0.29, 0.717) is 21.7 Å². The maximum absolute atomic E-state index is 12.7. The second kappa shape index (κ2) is 7.92. The van der Waals surface area contributed by atoms with E-state index < -0.39 is 0 Å². The lowest BCUT2D eigenvalue weighted by Crippen LogP contribution is -2.24. The Balaban J connectivity index is 1.96. The molecule has 1 N–H and O–H groups in total. The van der Waals surface area contributed by atoms with Crippen molar-refractivity contribution in [3.63, 3.8) is 0 Å². The zero-order valence-corrected chi connectivity index (χ0v) is 14.9. The molecule has 0 atom stereocenters. The van der Waals surface area contributed by atoms with Crippen LogP contribution in [0, 0.1) is 22.7 Å². The number of rotatable bonds is 5. The van der Waals surface area contributed by atoms with Crippen LogP contribution >= 0.6 is 11.6 Å². The zero-order valence-electron chi connectivity index (χ0n) is 14.1. The Bertz CT molecular complexity index is 1000. The molecular weight excluding hydrogens is 366 g/mol. The minimum Gasteiger partial charge on any atom is -0.507 e. The summed E-state index contributed by atoms with van der Waals surface area (Å²) in [7, 11) is 0. The number of hydrogen-bond acceptors (Lipinski definition) is 6. The Morgan fingerprint density at radius 2 is 1.93 bits per heavy atom. The highest BCUT2D eigenvalue weighted by atomic mass is 35.5. The number of aromatic hydroxyl groups is 1. The first-order valence-corrected chi connectivity index (χ1v) is 8.42. The van der Waals surface area contributed by atoms with Crippen molar-refractivity contribution in [3.05, 3.63) is 63.9 Å². The van der Waals surface area contributed by atoms with Crippen molar-refractivity contribution in [2.75, 3.05) is 13.1 Å². The summed E-state index contributed by atoms with van der Waals surface area (Å²) < 4.78 is 5.75. The van der Waals surface area contributed by atoms with Gasteiger partial charge in [0.15, 0.2) is 5.76 Å². The number of Topliss-reactive ketones (excluding diaryl/α,β-unsaturated/α-hetero) is 1. The molecule has 1 heterocycles. The van der Waals surface area contributed by atoms with E-state index in [2.05, 4.69) is 0 Å². The van der Waals surface area contributed by atoms with Gasteiger partial charge in [0.25, 0.3) is 0 Å². The zero-order chi connectivity index (χ0) is 19.4. The van der Waals surface area contributed by atoms with Crippen LogP contribution in [0.25, 0.3) is 6.08 Å². The fraction of sp³-hybridized carbons (Fsp3) is 0.150. The molecule has 6 nitrogen and oxygen atoms in total. The highest BCUT2D eigenvalue weighted by Crippen LogP contribution is 2.40. The van der Waals surface area contributed by atoms with Gasteiger partial charge in [0.1, 0.15) is 11.5 Å². The number of nitriles is 2. The fourth-order valence-corrected chi connectivity index (χ4v) is 2.99. The molecule has 0 aromatic heterocycles. The Morgan fingerprint density at radius 3 is 2.59 bits per heavy atom. The predicted molar refractivity (Wildman–Crippen MR) is 99.0 cm³/mol. The van der Waals surface area contributed by atoms with Gasteiger partial charge < -0.3 is 9.84 Å². The number of ether oxygens (including phenoxy) is 1. The molecule has 0 saturated heterocycles. The van der Waals surface area contributed by atoms with Crippen molar-refractivity contribution >= 4 is 23.5 Å². The normalized spacial score (nSPS) is 13.9. The molecular formula is C20H14ClN3O3. The molecule has 0 spiro atoms. The van der Waals surface area contributed by atoms with Crippen LogP contribution in [-0.2, 0) is 6.54 Å². The molecule has 27 heavy (non-hydrogen) atoms. The van der Waals surface area contributed by atoms with Crippen LogP contribution in [0.5, 0.6) is 11.5 Å². The number of halogens is 1. The quantitative estimate of drug-likeness (QED) is 0.630. The lowest BCUT2D eigenvalue weighted by molar-refractivity contribution is 0.101. The summed E-state index contributed by atoms with van der Waals surface area (Å²) in [4.78, 5) is 14.2. The van der Waals surface area contributed by atoms with Crippen molar-refractivity contribution < 1.29 is 14.6 Å². The number of allylic oxidation sites excluding steroid dienone is 1. The SMILES string of the molecule is N#CCN(CC#N)Cc1c(O)ccc2c1O/C(=C\c1cccc(Cl)c1)C2=O. The van der Waals surface area contributed by atoms with Crippen molar-refractivity contribution in [2.24, 2.45) is 0 Å². The van der Waals surface area contributed by atoms with Gasteiger partial charge in [-0.05, 0) is 35.9 Å². The summed E-state index contributed by atoms with van der Waals surface area (Å²) in [5.41, 5.74) is 1.39. The maximum Gasteiger partial charge on any atom is 0.231 e. The Labute approximate surface area is 161 Å². The van der Waals surface area contributed by atoms with Crippen LogP contribution in [0.15, 0.2) is 42.2 Å². The van der Waals surface area contributed by atoms with Crippen LogP contribution in [0.4, 0.5) is 0 Å². The average Bonchev–Trinajstić information content (AvgIpc) is 2.94. The molecule has 0 unspecified atom stereocenters. The Hall–Kier alpha value is -3.32. The molecule has 1 aliphatic rings. The second-order valence-electron chi connectivity index (χ2n) is 5.90. The van der Waals surface area contributed by atoms with Gasteiger partial charge in [-0.3, -0.25) is 9.69 Å². The Morgan fingerprint density at radius 1 is 1.19 bits per heavy atom. The van der Waals surface area contributed by atoms with Crippen molar-refractivity contribution in [3.8, 4) is 23.6 Å². The van der Waals surface area contributed by atoms with Gasteiger partial charge in [0, 0.05) is 11.6 Å². The van der Waals surface area contributed by atoms with E-state index in [1.165, 1.54) is 12.1 Å². The molecule has 0 saturated carbocycles. The molecule has 3 rings (SSSR count). The molecule has 134 valence electrons. The lowest BCUT2D eigenvalue weighted by Gasteiger charge is -2.17. The average molecular weight is 380 g/mol. The number of phenolic OH excluding ortho intramolecular Hbond substituents is 1. The molecule has 2 aromatic carbocycles. The summed E-state index contributed by atoms with van der Waals surface area (Å²) in [5, 5.41) is 28.6. The second-order valence-corrected chi connectivity index (χ2v) is 6.33. The number of fused-ring (bicyclic) bond motifs is 1. The summed E-state index contributed by atoms with van der Waals surface area (Å²) in [6, 6.07) is 13.8. The standard InChI is InChI=1S/C20H14ClN3O3/c21-14-3-1-2-13(10-14)11-18-19(26)15-4-5-17(25)16(20(15)27-18)12-24(8-6-22)9-7-23/h1-5,10-11,25H,8-9,12H2/b18-11-. The topological polar surface area (TPSA) is 97.3 Å². The van der Waals surface area contributed by atoms with E-state index in [-0.39, 0.29) is 42.7 Å².